The van der Waals surface area contributed by atoms with Crippen molar-refractivity contribution in [1.82, 2.24) is 9.88 Å². The number of hydrogen-bond donors (Lipinski definition) is 1. The van der Waals surface area contributed by atoms with E-state index < -0.39 is 5.97 Å². The molecule has 0 amide bonds. The summed E-state index contributed by atoms with van der Waals surface area (Å²) in [6, 6.07) is 15.2. The van der Waals surface area contributed by atoms with Crippen molar-refractivity contribution in [3.05, 3.63) is 71.1 Å². The molecule has 0 aliphatic carbocycles. The molecule has 2 heterocycles. The molecular weight excluding hydrogens is 400 g/mol. The molecule has 1 fully saturated rings. The number of aromatic nitrogens is 1. The average Bonchev–Trinajstić information content (AvgIpc) is 3.14. The average molecular weight is 425 g/mol. The number of rotatable bonds is 7. The number of carboxylic acid groups (broad SMARTS) is 1. The molecule has 1 aromatic heterocycles. The summed E-state index contributed by atoms with van der Waals surface area (Å²) in [5.74, 6) is 1.06. The molecule has 0 atom stereocenters. The molecule has 0 spiro atoms. The zero-order valence-electron chi connectivity index (χ0n) is 16.8. The highest BCUT2D eigenvalue weighted by Crippen LogP contribution is 2.28. The summed E-state index contributed by atoms with van der Waals surface area (Å²) in [4.78, 5) is 19.2. The number of carboxylic acids is 1. The van der Waals surface area contributed by atoms with Crippen LogP contribution in [0, 0.1) is 6.92 Å². The van der Waals surface area contributed by atoms with Gasteiger partial charge in [0.25, 0.3) is 0 Å². The summed E-state index contributed by atoms with van der Waals surface area (Å²) in [5.41, 5.74) is 3.22. The third-order valence-corrected chi connectivity index (χ3v) is 6.10. The number of ether oxygens (including phenoxy) is 1. The predicted octanol–water partition coefficient (Wildman–Crippen LogP) is 4.47. The van der Waals surface area contributed by atoms with Crippen LogP contribution >= 0.6 is 11.8 Å². The van der Waals surface area contributed by atoms with Crippen molar-refractivity contribution in [1.29, 1.82) is 0 Å². The van der Waals surface area contributed by atoms with E-state index in [0.717, 1.165) is 49.9 Å². The minimum absolute atomic E-state index is 0.245. The number of thioether (sulfide) groups is 1. The van der Waals surface area contributed by atoms with Crippen molar-refractivity contribution in [3.8, 4) is 11.5 Å². The summed E-state index contributed by atoms with van der Waals surface area (Å²) >= 11 is 1.72. The minimum Gasteiger partial charge on any atom is -0.478 e. The first-order chi connectivity index (χ1) is 14.6. The second-order valence-corrected chi connectivity index (χ2v) is 8.27. The van der Waals surface area contributed by atoms with E-state index in [-0.39, 0.29) is 5.56 Å². The fourth-order valence-electron chi connectivity index (χ4n) is 3.30. The summed E-state index contributed by atoms with van der Waals surface area (Å²) in [7, 11) is 0. The smallest absolute Gasteiger partial charge is 0.335 e. The van der Waals surface area contributed by atoms with E-state index in [1.807, 2.05) is 6.92 Å². The van der Waals surface area contributed by atoms with Crippen LogP contribution in [0.3, 0.4) is 0 Å². The number of morpholine rings is 1. The molecule has 0 bridgehead atoms. The van der Waals surface area contributed by atoms with Crippen LogP contribution < -0.4 is 0 Å². The van der Waals surface area contributed by atoms with Gasteiger partial charge in [-0.25, -0.2) is 9.78 Å². The third kappa shape index (κ3) is 5.11. The highest BCUT2D eigenvalue weighted by molar-refractivity contribution is 7.98. The number of oxazole rings is 1. The van der Waals surface area contributed by atoms with Gasteiger partial charge in [-0.3, -0.25) is 4.90 Å². The van der Waals surface area contributed by atoms with Crippen LogP contribution in [-0.4, -0.2) is 47.3 Å². The van der Waals surface area contributed by atoms with Gasteiger partial charge in [-0.2, -0.15) is 0 Å². The molecule has 0 radical (unpaired) electrons. The lowest BCUT2D eigenvalue weighted by Crippen LogP contribution is -2.35. The third-order valence-electron chi connectivity index (χ3n) is 5.08. The SMILES string of the molecule is Cc1oc(-c2ccc(C(=O)O)cc2)nc1CSc1ccc(CN2CCOCC2)cc1. The molecular formula is C23H24N2O4S. The second kappa shape index (κ2) is 9.47. The molecule has 4 rings (SSSR count). The zero-order chi connectivity index (χ0) is 20.9. The first-order valence-corrected chi connectivity index (χ1v) is 10.9. The maximum absolute atomic E-state index is 11.0. The standard InChI is InChI=1S/C23H24N2O4S/c1-16-21(24-22(29-16)18-4-6-19(7-5-18)23(26)27)15-30-20-8-2-17(3-9-20)14-25-10-12-28-13-11-25/h2-9H,10-15H2,1H3,(H,26,27). The minimum atomic E-state index is -0.946. The van der Waals surface area contributed by atoms with Gasteiger partial charge in [0.15, 0.2) is 0 Å². The Hall–Kier alpha value is -2.61. The van der Waals surface area contributed by atoms with Crippen molar-refractivity contribution in [2.75, 3.05) is 26.3 Å². The Labute approximate surface area is 179 Å². The molecule has 1 aliphatic rings. The fourth-order valence-corrected chi connectivity index (χ4v) is 4.20. The van der Waals surface area contributed by atoms with E-state index in [4.69, 9.17) is 14.3 Å². The maximum Gasteiger partial charge on any atom is 0.335 e. The van der Waals surface area contributed by atoms with Gasteiger partial charge in [0, 0.05) is 35.8 Å². The normalized spacial score (nSPS) is 14.7. The Morgan fingerprint density at radius 3 is 2.47 bits per heavy atom. The fraction of sp³-hybridized carbons (Fsp3) is 0.304. The molecule has 0 saturated carbocycles. The molecule has 6 nitrogen and oxygen atoms in total. The Morgan fingerprint density at radius 1 is 1.10 bits per heavy atom. The van der Waals surface area contributed by atoms with Gasteiger partial charge < -0.3 is 14.3 Å². The first-order valence-electron chi connectivity index (χ1n) is 9.90. The summed E-state index contributed by atoms with van der Waals surface area (Å²) in [6.07, 6.45) is 0. The number of hydrogen-bond acceptors (Lipinski definition) is 6. The highest BCUT2D eigenvalue weighted by atomic mass is 32.2. The van der Waals surface area contributed by atoms with Crippen LogP contribution in [0.25, 0.3) is 11.5 Å². The van der Waals surface area contributed by atoms with E-state index in [1.54, 1.807) is 36.0 Å². The van der Waals surface area contributed by atoms with Gasteiger partial charge in [0.2, 0.25) is 5.89 Å². The van der Waals surface area contributed by atoms with Crippen molar-refractivity contribution in [2.24, 2.45) is 0 Å². The largest absolute Gasteiger partial charge is 0.478 e. The summed E-state index contributed by atoms with van der Waals surface area (Å²) < 4.78 is 11.2. The first kappa shape index (κ1) is 20.7. The van der Waals surface area contributed by atoms with Gasteiger partial charge in [-0.1, -0.05) is 12.1 Å². The van der Waals surface area contributed by atoms with Crippen LogP contribution in [0.2, 0.25) is 0 Å². The Kier molecular flexibility index (Phi) is 6.52. The second-order valence-electron chi connectivity index (χ2n) is 7.23. The zero-order valence-corrected chi connectivity index (χ0v) is 17.7. The lowest BCUT2D eigenvalue weighted by molar-refractivity contribution is 0.0342. The molecule has 3 aromatic rings. The quantitative estimate of drug-likeness (QED) is 0.561. The van der Waals surface area contributed by atoms with Crippen LogP contribution in [0.15, 0.2) is 57.8 Å². The van der Waals surface area contributed by atoms with E-state index >= 15 is 0 Å². The monoisotopic (exact) mass is 424 g/mol. The Balaban J connectivity index is 1.36. The number of carbonyl (C=O) groups is 1. The van der Waals surface area contributed by atoms with E-state index in [0.29, 0.717) is 11.6 Å². The number of nitrogens with zero attached hydrogens (tertiary/aromatic N) is 2. The van der Waals surface area contributed by atoms with Gasteiger partial charge in [-0.05, 0) is 48.9 Å². The van der Waals surface area contributed by atoms with Crippen molar-refractivity contribution in [2.45, 2.75) is 24.1 Å². The van der Waals surface area contributed by atoms with Gasteiger partial charge in [0.05, 0.1) is 24.5 Å². The summed E-state index contributed by atoms with van der Waals surface area (Å²) in [5, 5.41) is 9.02. The van der Waals surface area contributed by atoms with E-state index in [2.05, 4.69) is 34.1 Å². The molecule has 7 heteroatoms. The van der Waals surface area contributed by atoms with Gasteiger partial charge in [-0.15, -0.1) is 11.8 Å². The molecule has 1 N–H and O–H groups in total. The Bertz CT molecular complexity index is 993. The molecule has 156 valence electrons. The molecule has 30 heavy (non-hydrogen) atoms. The van der Waals surface area contributed by atoms with Crippen LogP contribution in [0.4, 0.5) is 0 Å². The number of benzene rings is 2. The van der Waals surface area contributed by atoms with Crippen molar-refractivity contribution < 1.29 is 19.1 Å². The lowest BCUT2D eigenvalue weighted by Gasteiger charge is -2.26. The van der Waals surface area contributed by atoms with Gasteiger partial charge in [0.1, 0.15) is 5.76 Å². The summed E-state index contributed by atoms with van der Waals surface area (Å²) in [6.45, 7) is 6.48. The highest BCUT2D eigenvalue weighted by Gasteiger charge is 2.13. The molecule has 1 saturated heterocycles. The topological polar surface area (TPSA) is 75.8 Å². The molecule has 1 aliphatic heterocycles. The van der Waals surface area contributed by atoms with Gasteiger partial charge >= 0.3 is 5.97 Å². The van der Waals surface area contributed by atoms with Crippen molar-refractivity contribution >= 4 is 17.7 Å². The van der Waals surface area contributed by atoms with Crippen LogP contribution in [0.5, 0.6) is 0 Å². The lowest BCUT2D eigenvalue weighted by atomic mass is 10.1. The number of aryl methyl sites for hydroxylation is 1. The Morgan fingerprint density at radius 2 is 1.80 bits per heavy atom. The maximum atomic E-state index is 11.0. The van der Waals surface area contributed by atoms with E-state index in [9.17, 15) is 4.79 Å². The molecule has 0 unspecified atom stereocenters. The van der Waals surface area contributed by atoms with E-state index in [1.165, 1.54) is 10.5 Å². The molecule has 2 aromatic carbocycles. The van der Waals surface area contributed by atoms with Crippen molar-refractivity contribution in [3.63, 3.8) is 0 Å². The van der Waals surface area contributed by atoms with Crippen LogP contribution in [-0.2, 0) is 17.0 Å². The predicted molar refractivity (Wildman–Crippen MR) is 116 cm³/mol. The number of aromatic carboxylic acids is 1. The van der Waals surface area contributed by atoms with Crippen LogP contribution in [0.1, 0.15) is 27.4 Å².